The van der Waals surface area contributed by atoms with E-state index in [0.29, 0.717) is 19.6 Å². The summed E-state index contributed by atoms with van der Waals surface area (Å²) in [5.74, 6) is -0.0270. The van der Waals surface area contributed by atoms with Crippen LogP contribution in [0.2, 0.25) is 0 Å². The zero-order valence-electron chi connectivity index (χ0n) is 10.1. The van der Waals surface area contributed by atoms with Gasteiger partial charge >= 0.3 is 12.1 Å². The summed E-state index contributed by atoms with van der Waals surface area (Å²) in [6, 6.07) is -0.0108. The molecule has 5 heteroatoms. The van der Waals surface area contributed by atoms with Crippen molar-refractivity contribution in [2.24, 2.45) is 11.8 Å². The molecule has 2 aliphatic rings. The Bertz CT molecular complexity index is 366. The van der Waals surface area contributed by atoms with Gasteiger partial charge in [0.15, 0.2) is 0 Å². The average Bonchev–Trinajstić information content (AvgIpc) is 2.81. The van der Waals surface area contributed by atoms with E-state index >= 15 is 0 Å². The fourth-order valence-corrected chi connectivity index (χ4v) is 2.72. The molecule has 0 aromatic heterocycles. The van der Waals surface area contributed by atoms with Gasteiger partial charge < -0.3 is 14.4 Å². The fraction of sp³-hybridized carbons (Fsp3) is 0.667. The summed E-state index contributed by atoms with van der Waals surface area (Å²) in [5.41, 5.74) is 1.00. The van der Waals surface area contributed by atoms with Crippen LogP contribution >= 0.6 is 0 Å². The van der Waals surface area contributed by atoms with Crippen molar-refractivity contribution < 1.29 is 19.1 Å². The van der Waals surface area contributed by atoms with E-state index < -0.39 is 0 Å². The Morgan fingerprint density at radius 1 is 1.65 bits per heavy atom. The number of hydrogen-bond donors (Lipinski definition) is 0. The molecule has 2 saturated heterocycles. The molecule has 0 radical (unpaired) electrons. The van der Waals surface area contributed by atoms with Crippen LogP contribution in [0, 0.1) is 11.8 Å². The second kappa shape index (κ2) is 4.39. The number of rotatable bonds is 3. The van der Waals surface area contributed by atoms with Crippen molar-refractivity contribution in [2.45, 2.75) is 19.4 Å². The maximum Gasteiger partial charge on any atom is 0.410 e. The van der Waals surface area contributed by atoms with Crippen molar-refractivity contribution in [3.05, 3.63) is 12.2 Å². The highest BCUT2D eigenvalue weighted by molar-refractivity contribution is 5.73. The van der Waals surface area contributed by atoms with E-state index in [2.05, 4.69) is 6.58 Å². The number of carbonyl (C=O) groups excluding carboxylic acids is 2. The number of esters is 1. The summed E-state index contributed by atoms with van der Waals surface area (Å²) in [6.45, 7) is 6.84. The lowest BCUT2D eigenvalue weighted by molar-refractivity contribution is -0.142. The van der Waals surface area contributed by atoms with E-state index in [1.54, 1.807) is 4.90 Å². The molecule has 0 bridgehead atoms. The lowest BCUT2D eigenvalue weighted by Crippen LogP contribution is -2.31. The standard InChI is InChI=1S/C12H17NO4/c1-7(2)9-5-13-10(6-17-12(13)15)8(9)4-11(14)16-3/h8-10H,1,4-6H2,2-3H3/t8-,9+,10+/m0/s1. The summed E-state index contributed by atoms with van der Waals surface area (Å²) < 4.78 is 9.70. The highest BCUT2D eigenvalue weighted by Gasteiger charge is 2.49. The maximum atomic E-state index is 11.5. The first-order chi connectivity index (χ1) is 8.04. The van der Waals surface area contributed by atoms with Crippen LogP contribution in [0.3, 0.4) is 0 Å². The molecule has 2 fully saturated rings. The lowest BCUT2D eigenvalue weighted by Gasteiger charge is -2.20. The third-order valence-electron chi connectivity index (χ3n) is 3.68. The molecule has 0 aromatic rings. The third kappa shape index (κ3) is 2.01. The number of hydrogen-bond acceptors (Lipinski definition) is 4. The van der Waals surface area contributed by atoms with Crippen LogP contribution in [-0.2, 0) is 14.3 Å². The van der Waals surface area contributed by atoms with Crippen LogP contribution in [0.15, 0.2) is 12.2 Å². The first-order valence-electron chi connectivity index (χ1n) is 5.70. The van der Waals surface area contributed by atoms with Gasteiger partial charge in [0, 0.05) is 18.4 Å². The summed E-state index contributed by atoms with van der Waals surface area (Å²) in [7, 11) is 1.38. The molecule has 94 valence electrons. The Balaban J connectivity index is 2.16. The first kappa shape index (κ1) is 12.0. The van der Waals surface area contributed by atoms with Crippen LogP contribution < -0.4 is 0 Å². The lowest BCUT2D eigenvalue weighted by atomic mass is 9.84. The second-order valence-electron chi connectivity index (χ2n) is 4.69. The molecule has 5 nitrogen and oxygen atoms in total. The van der Waals surface area contributed by atoms with Gasteiger partial charge in [0.05, 0.1) is 19.6 Å². The minimum Gasteiger partial charge on any atom is -0.469 e. The number of methoxy groups -OCH3 is 1. The highest BCUT2D eigenvalue weighted by atomic mass is 16.6. The van der Waals surface area contributed by atoms with Crippen LogP contribution in [-0.4, -0.2) is 43.3 Å². The van der Waals surface area contributed by atoms with Gasteiger partial charge in [-0.3, -0.25) is 4.79 Å². The Hall–Kier alpha value is -1.52. The van der Waals surface area contributed by atoms with E-state index in [1.807, 2.05) is 6.92 Å². The molecular weight excluding hydrogens is 222 g/mol. The molecule has 2 aliphatic heterocycles. The summed E-state index contributed by atoms with van der Waals surface area (Å²) >= 11 is 0. The Morgan fingerprint density at radius 3 is 2.94 bits per heavy atom. The molecule has 0 aromatic carbocycles. The minimum absolute atomic E-state index is 0.0108. The zero-order valence-corrected chi connectivity index (χ0v) is 10.1. The molecule has 0 saturated carbocycles. The fourth-order valence-electron chi connectivity index (χ4n) is 2.72. The molecule has 17 heavy (non-hydrogen) atoms. The van der Waals surface area contributed by atoms with E-state index in [4.69, 9.17) is 9.47 Å². The van der Waals surface area contributed by atoms with Crippen molar-refractivity contribution in [3.63, 3.8) is 0 Å². The van der Waals surface area contributed by atoms with Gasteiger partial charge in [0.25, 0.3) is 0 Å². The van der Waals surface area contributed by atoms with Crippen LogP contribution in [0.1, 0.15) is 13.3 Å². The average molecular weight is 239 g/mol. The molecule has 0 N–H and O–H groups in total. The van der Waals surface area contributed by atoms with Crippen molar-refractivity contribution in [3.8, 4) is 0 Å². The van der Waals surface area contributed by atoms with Gasteiger partial charge in [-0.2, -0.15) is 0 Å². The van der Waals surface area contributed by atoms with E-state index in [9.17, 15) is 9.59 Å². The normalized spacial score (nSPS) is 31.1. The molecule has 0 spiro atoms. The highest BCUT2D eigenvalue weighted by Crippen LogP contribution is 2.39. The Kier molecular flexibility index (Phi) is 3.09. The van der Waals surface area contributed by atoms with Crippen molar-refractivity contribution in [1.82, 2.24) is 4.90 Å². The van der Waals surface area contributed by atoms with Gasteiger partial charge in [0.1, 0.15) is 6.61 Å². The van der Waals surface area contributed by atoms with Gasteiger partial charge in [-0.05, 0) is 6.92 Å². The molecule has 0 aliphatic carbocycles. The Labute approximate surface area is 100 Å². The van der Waals surface area contributed by atoms with Gasteiger partial charge in [-0.15, -0.1) is 0 Å². The van der Waals surface area contributed by atoms with Crippen LogP contribution in [0.4, 0.5) is 4.79 Å². The van der Waals surface area contributed by atoms with Crippen molar-refractivity contribution in [2.75, 3.05) is 20.3 Å². The Morgan fingerprint density at radius 2 is 2.35 bits per heavy atom. The molecule has 0 unspecified atom stereocenters. The third-order valence-corrected chi connectivity index (χ3v) is 3.68. The predicted octanol–water partition coefficient (Wildman–Crippen LogP) is 1.19. The van der Waals surface area contributed by atoms with Crippen LogP contribution in [0.25, 0.3) is 0 Å². The predicted molar refractivity (Wildman–Crippen MR) is 60.3 cm³/mol. The van der Waals surface area contributed by atoms with Crippen molar-refractivity contribution >= 4 is 12.1 Å². The smallest absolute Gasteiger partial charge is 0.410 e. The largest absolute Gasteiger partial charge is 0.469 e. The quantitative estimate of drug-likeness (QED) is 0.548. The molecular formula is C12H17NO4. The topological polar surface area (TPSA) is 55.8 Å². The number of fused-ring (bicyclic) bond motifs is 1. The maximum absolute atomic E-state index is 11.5. The number of cyclic esters (lactones) is 1. The van der Waals surface area contributed by atoms with Gasteiger partial charge in [0.2, 0.25) is 0 Å². The number of ether oxygens (including phenoxy) is 2. The second-order valence-corrected chi connectivity index (χ2v) is 4.69. The minimum atomic E-state index is -0.284. The summed E-state index contributed by atoms with van der Waals surface area (Å²) in [4.78, 5) is 24.6. The first-order valence-corrected chi connectivity index (χ1v) is 5.70. The van der Waals surface area contributed by atoms with Crippen LogP contribution in [0.5, 0.6) is 0 Å². The zero-order chi connectivity index (χ0) is 12.6. The monoisotopic (exact) mass is 239 g/mol. The summed E-state index contributed by atoms with van der Waals surface area (Å²) in [5, 5.41) is 0. The number of carbonyl (C=O) groups is 2. The molecule has 3 atom stereocenters. The molecule has 1 amide bonds. The number of nitrogens with zero attached hydrogens (tertiary/aromatic N) is 1. The number of amides is 1. The van der Waals surface area contributed by atoms with E-state index in [0.717, 1.165) is 5.57 Å². The molecule has 2 rings (SSSR count). The van der Waals surface area contributed by atoms with E-state index in [-0.39, 0.29) is 29.9 Å². The SMILES string of the molecule is C=C(C)[C@H]1CN2C(=O)OC[C@@H]2[C@H]1CC(=O)OC. The summed E-state index contributed by atoms with van der Waals surface area (Å²) in [6.07, 6.45) is 0.0277. The van der Waals surface area contributed by atoms with Gasteiger partial charge in [-0.25, -0.2) is 4.79 Å². The van der Waals surface area contributed by atoms with Gasteiger partial charge in [-0.1, -0.05) is 12.2 Å². The van der Waals surface area contributed by atoms with Crippen molar-refractivity contribution in [1.29, 1.82) is 0 Å². The molecule has 2 heterocycles. The van der Waals surface area contributed by atoms with E-state index in [1.165, 1.54) is 7.11 Å².